The second-order valence-electron chi connectivity index (χ2n) is 7.14. The number of aromatic nitrogens is 2. The predicted octanol–water partition coefficient (Wildman–Crippen LogP) is 3.23. The minimum absolute atomic E-state index is 0.0164. The van der Waals surface area contributed by atoms with Gasteiger partial charge in [-0.2, -0.15) is 20.3 Å². The van der Waals surface area contributed by atoms with Crippen LogP contribution in [-0.2, 0) is 10.0 Å². The zero-order chi connectivity index (χ0) is 24.3. The number of rotatable bonds is 6. The fourth-order valence-electron chi connectivity index (χ4n) is 3.02. The highest BCUT2D eigenvalue weighted by Crippen LogP contribution is 2.24. The molecule has 1 amide bonds. The number of halogens is 1. The van der Waals surface area contributed by atoms with Crippen LogP contribution in [0, 0.1) is 0 Å². The van der Waals surface area contributed by atoms with Crippen molar-refractivity contribution in [2.24, 2.45) is 15.3 Å². The largest absolute Gasteiger partial charge is 0.369 e. The Morgan fingerprint density at radius 3 is 2.38 bits per heavy atom. The number of carbonyl (C=O) groups is 1. The lowest BCUT2D eigenvalue weighted by Crippen LogP contribution is -2.39. The number of aliphatic hydroxyl groups excluding tert-OH is 1. The Kier molecular flexibility index (Phi) is 6.63. The molecule has 4 rings (SSSR count). The smallest absolute Gasteiger partial charge is 0.276 e. The first kappa shape index (κ1) is 23.4. The third kappa shape index (κ3) is 5.09. The van der Waals surface area contributed by atoms with Gasteiger partial charge in [-0.15, -0.1) is 0 Å². The molecule has 1 aliphatic heterocycles. The molecule has 34 heavy (non-hydrogen) atoms. The van der Waals surface area contributed by atoms with Gasteiger partial charge >= 0.3 is 0 Å². The summed E-state index contributed by atoms with van der Waals surface area (Å²) >= 11 is 5.85. The molecule has 1 aliphatic rings. The number of amides is 1. The number of aliphatic hydroxyl groups is 1. The maximum atomic E-state index is 12.7. The van der Waals surface area contributed by atoms with Crippen LogP contribution in [0.25, 0.3) is 0 Å². The van der Waals surface area contributed by atoms with E-state index < -0.39 is 28.2 Å². The third-order valence-electron chi connectivity index (χ3n) is 4.76. The fraction of sp³-hybridized carbons (Fsp3) is 0.143. The number of nitrogens with zero attached hydrogens (tertiary/aromatic N) is 6. The Bertz CT molecular complexity index is 1350. The molecule has 1 aromatic heterocycles. The predicted molar refractivity (Wildman–Crippen MR) is 124 cm³/mol. The molecular weight excluding hydrogens is 482 g/mol. The van der Waals surface area contributed by atoms with E-state index in [0.29, 0.717) is 22.0 Å². The molecule has 0 saturated heterocycles. The molecule has 2 atom stereocenters. The first-order valence-electron chi connectivity index (χ1n) is 9.88. The molecule has 2 heterocycles. The van der Waals surface area contributed by atoms with Crippen molar-refractivity contribution in [3.8, 4) is 0 Å². The molecule has 2 N–H and O–H groups in total. The van der Waals surface area contributed by atoms with Gasteiger partial charge < -0.3 is 5.11 Å². The Morgan fingerprint density at radius 1 is 1.09 bits per heavy atom. The zero-order valence-corrected chi connectivity index (χ0v) is 19.2. The second-order valence-corrected chi connectivity index (χ2v) is 9.26. The van der Waals surface area contributed by atoms with Crippen molar-refractivity contribution in [3.05, 3.63) is 77.6 Å². The summed E-state index contributed by atoms with van der Waals surface area (Å²) in [6.45, 7) is 1.62. The quantitative estimate of drug-likeness (QED) is 0.497. The number of hydrogen-bond acceptors (Lipinski definition) is 9. The Balaban J connectivity index is 1.44. The Hall–Kier alpha value is -3.74. The highest BCUT2D eigenvalue weighted by Gasteiger charge is 2.38. The van der Waals surface area contributed by atoms with Crippen LogP contribution < -0.4 is 4.72 Å². The van der Waals surface area contributed by atoms with Gasteiger partial charge in [-0.3, -0.25) is 4.79 Å². The van der Waals surface area contributed by atoms with Crippen molar-refractivity contribution in [1.82, 2.24) is 15.0 Å². The number of nitrogens with one attached hydrogen (secondary N) is 1. The van der Waals surface area contributed by atoms with Crippen LogP contribution >= 0.6 is 11.6 Å². The average Bonchev–Trinajstić information content (AvgIpc) is 3.11. The van der Waals surface area contributed by atoms with Crippen molar-refractivity contribution >= 4 is 44.9 Å². The van der Waals surface area contributed by atoms with E-state index in [1.165, 1.54) is 48.8 Å². The molecule has 13 heteroatoms. The topological polar surface area (TPSA) is 150 Å². The van der Waals surface area contributed by atoms with Crippen LogP contribution in [0.5, 0.6) is 0 Å². The van der Waals surface area contributed by atoms with Crippen LogP contribution in [-0.4, -0.2) is 52.4 Å². The molecular formula is C21H18ClN7O4S. The summed E-state index contributed by atoms with van der Waals surface area (Å²) in [5, 5.41) is 24.3. The van der Waals surface area contributed by atoms with Crippen LogP contribution in [0.4, 0.5) is 11.6 Å². The molecule has 174 valence electrons. The van der Waals surface area contributed by atoms with Gasteiger partial charge in [0.25, 0.3) is 15.9 Å². The summed E-state index contributed by atoms with van der Waals surface area (Å²) in [6.07, 6.45) is 1.49. The summed E-state index contributed by atoms with van der Waals surface area (Å²) in [5.41, 5.74) is 1.05. The number of hydrazone groups is 1. The zero-order valence-electron chi connectivity index (χ0n) is 17.6. The van der Waals surface area contributed by atoms with Gasteiger partial charge in [-0.1, -0.05) is 11.6 Å². The van der Waals surface area contributed by atoms with Crippen molar-refractivity contribution in [3.63, 3.8) is 0 Å². The first-order chi connectivity index (χ1) is 16.2. The number of benzene rings is 2. The number of carbonyl (C=O) groups excluding carboxylic acids is 1. The van der Waals surface area contributed by atoms with E-state index in [0.717, 1.165) is 5.01 Å². The molecule has 0 spiro atoms. The molecule has 0 radical (unpaired) electrons. The number of azo groups is 1. The van der Waals surface area contributed by atoms with Gasteiger partial charge in [0.2, 0.25) is 5.95 Å². The lowest BCUT2D eigenvalue weighted by molar-refractivity contribution is 0.0153. The summed E-state index contributed by atoms with van der Waals surface area (Å²) in [7, 11) is -3.88. The molecule has 3 aromatic rings. The van der Waals surface area contributed by atoms with Crippen molar-refractivity contribution in [2.45, 2.75) is 24.1 Å². The minimum atomic E-state index is -3.88. The van der Waals surface area contributed by atoms with Gasteiger partial charge in [-0.25, -0.2) is 23.1 Å². The number of hydrogen-bond donors (Lipinski definition) is 2. The summed E-state index contributed by atoms with van der Waals surface area (Å²) in [4.78, 5) is 20.3. The second kappa shape index (κ2) is 9.63. The van der Waals surface area contributed by atoms with Gasteiger partial charge in [-0.05, 0) is 61.5 Å². The Morgan fingerprint density at radius 2 is 1.74 bits per heavy atom. The molecule has 0 saturated carbocycles. The van der Waals surface area contributed by atoms with E-state index >= 15 is 0 Å². The summed E-state index contributed by atoms with van der Waals surface area (Å²) in [6, 6.07) is 12.5. The van der Waals surface area contributed by atoms with Crippen LogP contribution in [0.1, 0.15) is 17.3 Å². The van der Waals surface area contributed by atoms with E-state index in [-0.39, 0.29) is 10.8 Å². The number of sulfonamides is 1. The van der Waals surface area contributed by atoms with E-state index in [9.17, 15) is 18.3 Å². The normalized spacial score (nSPS) is 18.2. The van der Waals surface area contributed by atoms with Crippen LogP contribution in [0.3, 0.4) is 0 Å². The lowest BCUT2D eigenvalue weighted by Gasteiger charge is -2.19. The standard InChI is InChI=1S/C21H18ClN7O4S/c1-13-18(20(31)29(27-13)19(30)14-3-5-15(22)6-4-14)26-25-16-7-9-17(10-8-16)34(32,33)28-21-23-11-2-12-24-21/h2-12,18,20,31H,1H3,(H,23,24,28). The van der Waals surface area contributed by atoms with E-state index in [2.05, 4.69) is 30.0 Å². The average molecular weight is 500 g/mol. The molecule has 11 nitrogen and oxygen atoms in total. The summed E-state index contributed by atoms with van der Waals surface area (Å²) < 4.78 is 27.2. The van der Waals surface area contributed by atoms with E-state index in [1.807, 2.05) is 0 Å². The van der Waals surface area contributed by atoms with Gasteiger partial charge in [0.15, 0.2) is 12.3 Å². The number of anilines is 1. The van der Waals surface area contributed by atoms with E-state index in [1.54, 1.807) is 25.1 Å². The molecule has 2 unspecified atom stereocenters. The first-order valence-corrected chi connectivity index (χ1v) is 11.7. The maximum absolute atomic E-state index is 12.7. The minimum Gasteiger partial charge on any atom is -0.369 e. The lowest BCUT2D eigenvalue weighted by atomic mass is 10.1. The van der Waals surface area contributed by atoms with Crippen LogP contribution in [0.2, 0.25) is 5.02 Å². The SMILES string of the molecule is CC1=NN(C(=O)c2ccc(Cl)cc2)C(O)C1N=Nc1ccc(S(=O)(=O)Nc2ncccn2)cc1. The monoisotopic (exact) mass is 499 g/mol. The molecule has 2 aromatic carbocycles. The molecule has 0 aliphatic carbocycles. The molecule has 0 bridgehead atoms. The fourth-order valence-corrected chi connectivity index (χ4v) is 4.11. The van der Waals surface area contributed by atoms with Crippen LogP contribution in [0.15, 0.2) is 87.2 Å². The van der Waals surface area contributed by atoms with Crippen molar-refractivity contribution < 1.29 is 18.3 Å². The third-order valence-corrected chi connectivity index (χ3v) is 6.36. The van der Waals surface area contributed by atoms with E-state index in [4.69, 9.17) is 11.6 Å². The highest BCUT2D eigenvalue weighted by atomic mass is 35.5. The summed E-state index contributed by atoms with van der Waals surface area (Å²) in [5.74, 6) is -0.556. The van der Waals surface area contributed by atoms with Crippen molar-refractivity contribution in [2.75, 3.05) is 4.72 Å². The highest BCUT2D eigenvalue weighted by molar-refractivity contribution is 7.92. The van der Waals surface area contributed by atoms with Gasteiger partial charge in [0, 0.05) is 23.0 Å². The molecule has 0 fully saturated rings. The maximum Gasteiger partial charge on any atom is 0.276 e. The van der Waals surface area contributed by atoms with Gasteiger partial charge in [0.05, 0.1) is 16.3 Å². The van der Waals surface area contributed by atoms with Gasteiger partial charge in [0.1, 0.15) is 0 Å². The Labute approximate surface area is 199 Å². The van der Waals surface area contributed by atoms with Crippen molar-refractivity contribution in [1.29, 1.82) is 0 Å².